The van der Waals surface area contributed by atoms with Gasteiger partial charge in [0.2, 0.25) is 0 Å². The average Bonchev–Trinajstić information content (AvgIpc) is 3.34. The van der Waals surface area contributed by atoms with Crippen molar-refractivity contribution in [3.8, 4) is 0 Å². The highest BCUT2D eigenvalue weighted by molar-refractivity contribution is 7.99. The minimum absolute atomic E-state index is 0.0362. The van der Waals surface area contributed by atoms with E-state index in [1.165, 1.54) is 0 Å². The number of benzene rings is 1. The minimum atomic E-state index is -0.165. The first-order chi connectivity index (χ1) is 11.4. The monoisotopic (exact) mass is 366 g/mol. The Morgan fingerprint density at radius 3 is 2.67 bits per heavy atom. The van der Waals surface area contributed by atoms with E-state index in [0.717, 1.165) is 41.0 Å². The predicted octanol–water partition coefficient (Wildman–Crippen LogP) is 5.16. The van der Waals surface area contributed by atoms with Gasteiger partial charge in [-0.25, -0.2) is 0 Å². The molecule has 1 aliphatic heterocycles. The molecule has 1 aromatic carbocycles. The van der Waals surface area contributed by atoms with Crippen LogP contribution in [0.3, 0.4) is 0 Å². The largest absolute Gasteiger partial charge is 0.371 e. The Balaban J connectivity index is 1.95. The molecule has 1 unspecified atom stereocenters. The Labute approximate surface area is 152 Å². The summed E-state index contributed by atoms with van der Waals surface area (Å²) in [4.78, 5) is 25.7. The molecule has 1 fully saturated rings. The van der Waals surface area contributed by atoms with Crippen molar-refractivity contribution in [3.63, 3.8) is 0 Å². The number of hydrogen-bond donors (Lipinski definition) is 0. The van der Waals surface area contributed by atoms with E-state index in [4.69, 9.17) is 16.3 Å². The predicted molar refractivity (Wildman–Crippen MR) is 97.2 cm³/mol. The van der Waals surface area contributed by atoms with Gasteiger partial charge in [-0.15, -0.1) is 11.8 Å². The molecule has 2 aliphatic rings. The molecule has 3 rings (SSSR count). The second kappa shape index (κ2) is 7.19. The zero-order chi connectivity index (χ0) is 17.4. The van der Waals surface area contributed by atoms with Gasteiger partial charge in [-0.3, -0.25) is 9.59 Å². The van der Waals surface area contributed by atoms with Crippen LogP contribution in [0.2, 0.25) is 5.02 Å². The van der Waals surface area contributed by atoms with Gasteiger partial charge in [-0.05, 0) is 51.7 Å². The molecular formula is C19H23ClO3S. The number of fused-ring (bicyclic) bond motifs is 1. The third-order valence-electron chi connectivity index (χ3n) is 4.49. The van der Waals surface area contributed by atoms with Crippen LogP contribution < -0.4 is 0 Å². The molecule has 0 spiro atoms. The van der Waals surface area contributed by atoms with E-state index in [1.54, 1.807) is 11.8 Å². The van der Waals surface area contributed by atoms with Gasteiger partial charge in [0.05, 0.1) is 23.7 Å². The van der Waals surface area contributed by atoms with E-state index in [1.807, 2.05) is 26.8 Å². The van der Waals surface area contributed by atoms with Gasteiger partial charge >= 0.3 is 0 Å². The van der Waals surface area contributed by atoms with Crippen molar-refractivity contribution < 1.29 is 14.3 Å². The second-order valence-electron chi connectivity index (χ2n) is 6.95. The number of carbonyl (C=O) groups is 2. The average molecular weight is 367 g/mol. The summed E-state index contributed by atoms with van der Waals surface area (Å²) in [5.41, 5.74) is 2.45. The summed E-state index contributed by atoms with van der Waals surface area (Å²) in [7, 11) is 0. The smallest absolute Gasteiger partial charge is 0.171 e. The lowest BCUT2D eigenvalue weighted by atomic mass is 9.95. The number of aryl methyl sites for hydroxylation is 1. The maximum absolute atomic E-state index is 12.6. The summed E-state index contributed by atoms with van der Waals surface area (Å²) in [5.74, 6) is 0.964. The number of carbonyl (C=O) groups excluding carboxylic acids is 2. The van der Waals surface area contributed by atoms with Crippen LogP contribution in [0.15, 0.2) is 11.0 Å². The normalized spacial score (nSPS) is 20.1. The molecule has 1 saturated carbocycles. The number of rotatable bonds is 6. The van der Waals surface area contributed by atoms with Gasteiger partial charge in [-0.1, -0.05) is 11.6 Å². The first-order valence-corrected chi connectivity index (χ1v) is 9.92. The SMILES string of the molecule is Cc1cc(C(=O)CC(=O)C2CC2)c(Cl)c2c1SCCC2OC(C)C. The number of halogens is 1. The standard InChI is InChI=1S/C19H23ClO3S/c1-10(2)23-16-6-7-24-19-11(3)8-13(18(20)17(16)19)15(22)9-14(21)12-4-5-12/h8,10,12,16H,4-7,9H2,1-3H3. The number of ether oxygens (including phenoxy) is 1. The van der Waals surface area contributed by atoms with Crippen molar-refractivity contribution in [3.05, 3.63) is 27.8 Å². The molecule has 0 saturated heterocycles. The van der Waals surface area contributed by atoms with Crippen LogP contribution in [0.5, 0.6) is 0 Å². The fraction of sp³-hybridized carbons (Fsp3) is 0.579. The van der Waals surface area contributed by atoms with E-state index in [-0.39, 0.29) is 36.1 Å². The first-order valence-electron chi connectivity index (χ1n) is 8.55. The van der Waals surface area contributed by atoms with E-state index in [0.29, 0.717) is 10.6 Å². The number of thioether (sulfide) groups is 1. The third kappa shape index (κ3) is 3.71. The molecule has 0 amide bonds. The van der Waals surface area contributed by atoms with Gasteiger partial charge in [-0.2, -0.15) is 0 Å². The molecule has 24 heavy (non-hydrogen) atoms. The maximum atomic E-state index is 12.6. The summed E-state index contributed by atoms with van der Waals surface area (Å²) in [6.07, 6.45) is 2.70. The quantitative estimate of drug-likeness (QED) is 0.515. The van der Waals surface area contributed by atoms with Gasteiger partial charge in [0, 0.05) is 27.7 Å². The lowest BCUT2D eigenvalue weighted by molar-refractivity contribution is -0.119. The van der Waals surface area contributed by atoms with Crippen LogP contribution in [0.4, 0.5) is 0 Å². The Bertz CT molecular complexity index is 680. The van der Waals surface area contributed by atoms with E-state index in [2.05, 4.69) is 0 Å². The van der Waals surface area contributed by atoms with Crippen LogP contribution in [0, 0.1) is 12.8 Å². The highest BCUT2D eigenvalue weighted by Gasteiger charge is 2.33. The molecule has 5 heteroatoms. The van der Waals surface area contributed by atoms with Gasteiger partial charge in [0.1, 0.15) is 5.78 Å². The Morgan fingerprint density at radius 2 is 2.04 bits per heavy atom. The summed E-state index contributed by atoms with van der Waals surface area (Å²) in [6.45, 7) is 6.01. The lowest BCUT2D eigenvalue weighted by Crippen LogP contribution is -2.18. The fourth-order valence-electron chi connectivity index (χ4n) is 3.16. The van der Waals surface area contributed by atoms with Crippen LogP contribution in [-0.4, -0.2) is 23.4 Å². The number of ketones is 2. The summed E-state index contributed by atoms with van der Waals surface area (Å²) in [5, 5.41) is 0.474. The Kier molecular flexibility index (Phi) is 5.38. The van der Waals surface area contributed by atoms with Crippen LogP contribution >= 0.6 is 23.4 Å². The molecule has 1 atom stereocenters. The van der Waals surface area contributed by atoms with Crippen molar-refractivity contribution in [2.75, 3.05) is 5.75 Å². The van der Waals surface area contributed by atoms with E-state index in [9.17, 15) is 9.59 Å². The number of hydrogen-bond acceptors (Lipinski definition) is 4. The summed E-state index contributed by atoms with van der Waals surface area (Å²) < 4.78 is 6.04. The molecule has 0 aromatic heterocycles. The van der Waals surface area contributed by atoms with Gasteiger partial charge < -0.3 is 4.74 Å². The molecule has 3 nitrogen and oxygen atoms in total. The molecular weight excluding hydrogens is 344 g/mol. The van der Waals surface area contributed by atoms with Gasteiger partial charge in [0.25, 0.3) is 0 Å². The van der Waals surface area contributed by atoms with Gasteiger partial charge in [0.15, 0.2) is 5.78 Å². The summed E-state index contributed by atoms with van der Waals surface area (Å²) >= 11 is 8.39. The van der Waals surface area contributed by atoms with Crippen molar-refractivity contribution in [2.45, 2.75) is 63.6 Å². The number of Topliss-reactive ketones (excluding diaryl/α,β-unsaturated/α-hetero) is 2. The zero-order valence-electron chi connectivity index (χ0n) is 14.4. The molecule has 1 aromatic rings. The second-order valence-corrected chi connectivity index (χ2v) is 8.43. The lowest BCUT2D eigenvalue weighted by Gasteiger charge is -2.30. The van der Waals surface area contributed by atoms with Crippen molar-refractivity contribution in [1.82, 2.24) is 0 Å². The molecule has 0 radical (unpaired) electrons. The Morgan fingerprint density at radius 1 is 1.33 bits per heavy atom. The zero-order valence-corrected chi connectivity index (χ0v) is 15.9. The van der Waals surface area contributed by atoms with Crippen molar-refractivity contribution >= 4 is 34.9 Å². The van der Waals surface area contributed by atoms with Crippen LogP contribution in [0.1, 0.15) is 67.1 Å². The van der Waals surface area contributed by atoms with Crippen molar-refractivity contribution in [1.29, 1.82) is 0 Å². The summed E-state index contributed by atoms with van der Waals surface area (Å²) in [6, 6.07) is 1.84. The van der Waals surface area contributed by atoms with Crippen molar-refractivity contribution in [2.24, 2.45) is 5.92 Å². The molecule has 1 heterocycles. The topological polar surface area (TPSA) is 43.4 Å². The third-order valence-corrected chi connectivity index (χ3v) is 6.17. The molecule has 130 valence electrons. The first kappa shape index (κ1) is 18.0. The highest BCUT2D eigenvalue weighted by atomic mass is 35.5. The van der Waals surface area contributed by atoms with E-state index >= 15 is 0 Å². The van der Waals surface area contributed by atoms with E-state index < -0.39 is 0 Å². The van der Waals surface area contributed by atoms with Crippen LogP contribution in [0.25, 0.3) is 0 Å². The molecule has 0 bridgehead atoms. The highest BCUT2D eigenvalue weighted by Crippen LogP contribution is 2.46. The fourth-order valence-corrected chi connectivity index (χ4v) is 4.81. The minimum Gasteiger partial charge on any atom is -0.371 e. The van der Waals surface area contributed by atoms with Crippen LogP contribution in [-0.2, 0) is 9.53 Å². The Hall–Kier alpha value is -0.840. The molecule has 1 aliphatic carbocycles. The maximum Gasteiger partial charge on any atom is 0.171 e. The molecule has 0 N–H and O–H groups in total.